The van der Waals surface area contributed by atoms with Crippen LogP contribution in [0.15, 0.2) is 23.8 Å². The summed E-state index contributed by atoms with van der Waals surface area (Å²) in [5.41, 5.74) is 1.53. The lowest BCUT2D eigenvalue weighted by molar-refractivity contribution is -0.325. The van der Waals surface area contributed by atoms with E-state index in [1.165, 1.54) is 18.4 Å². The minimum Gasteiger partial charge on any atom is -0.451 e. The van der Waals surface area contributed by atoms with Gasteiger partial charge in [-0.05, 0) is 90.4 Å². The standard InChI is InChI=1S/C26H42O6/c1-8-15(2)23(29)31-22-21(28)20(27)17(4)30-24(22)32-25(5,6)18-11-13-26(7)12-9-10-16(3)19(26)14-18/h8,17-22,24,27-28H,3,9-14H2,1-2,4-7H3/b15-8-/t17-,18+,19-,20+,21+,22+,24+,26-/m0/s1. The van der Waals surface area contributed by atoms with E-state index in [0.717, 1.165) is 25.7 Å². The van der Waals surface area contributed by atoms with E-state index < -0.39 is 42.3 Å². The first kappa shape index (κ1) is 25.4. The van der Waals surface area contributed by atoms with Gasteiger partial charge in [-0.1, -0.05) is 25.2 Å². The van der Waals surface area contributed by atoms with Crippen LogP contribution in [0.25, 0.3) is 0 Å². The van der Waals surface area contributed by atoms with Gasteiger partial charge in [-0.15, -0.1) is 0 Å². The zero-order chi connectivity index (χ0) is 23.8. The fraction of sp³-hybridized carbons (Fsp3) is 0.808. The second kappa shape index (κ2) is 9.57. The first-order valence-electron chi connectivity index (χ1n) is 12.1. The molecule has 2 saturated carbocycles. The number of aliphatic hydroxyl groups is 2. The molecule has 6 nitrogen and oxygen atoms in total. The van der Waals surface area contributed by atoms with Crippen molar-refractivity contribution in [1.29, 1.82) is 0 Å². The monoisotopic (exact) mass is 450 g/mol. The number of hydrogen-bond acceptors (Lipinski definition) is 6. The van der Waals surface area contributed by atoms with Crippen LogP contribution in [0.5, 0.6) is 0 Å². The van der Waals surface area contributed by atoms with E-state index in [1.807, 2.05) is 13.8 Å². The number of rotatable bonds is 5. The molecule has 3 fully saturated rings. The fourth-order valence-corrected chi connectivity index (χ4v) is 5.80. The highest BCUT2D eigenvalue weighted by Crippen LogP contribution is 2.55. The molecule has 2 N–H and O–H groups in total. The van der Waals surface area contributed by atoms with E-state index >= 15 is 0 Å². The van der Waals surface area contributed by atoms with Crippen LogP contribution in [-0.2, 0) is 19.0 Å². The van der Waals surface area contributed by atoms with Crippen molar-refractivity contribution in [1.82, 2.24) is 0 Å². The third-order valence-corrected chi connectivity index (χ3v) is 8.35. The van der Waals surface area contributed by atoms with Crippen LogP contribution in [0.1, 0.15) is 80.1 Å². The number of ether oxygens (including phenoxy) is 3. The average molecular weight is 451 g/mol. The van der Waals surface area contributed by atoms with E-state index in [0.29, 0.717) is 16.9 Å². The lowest BCUT2D eigenvalue weighted by Crippen LogP contribution is -2.61. The van der Waals surface area contributed by atoms with E-state index in [-0.39, 0.29) is 5.92 Å². The van der Waals surface area contributed by atoms with Crippen molar-refractivity contribution in [3.63, 3.8) is 0 Å². The van der Waals surface area contributed by atoms with Crippen molar-refractivity contribution in [2.75, 3.05) is 0 Å². The largest absolute Gasteiger partial charge is 0.451 e. The van der Waals surface area contributed by atoms with Gasteiger partial charge in [-0.25, -0.2) is 4.79 Å². The van der Waals surface area contributed by atoms with Gasteiger partial charge in [-0.2, -0.15) is 0 Å². The Hall–Kier alpha value is -1.21. The Bertz CT molecular complexity index is 743. The highest BCUT2D eigenvalue weighted by molar-refractivity contribution is 5.87. The quantitative estimate of drug-likeness (QED) is 0.369. The van der Waals surface area contributed by atoms with Crippen LogP contribution in [-0.4, -0.2) is 52.5 Å². The zero-order valence-electron chi connectivity index (χ0n) is 20.6. The summed E-state index contributed by atoms with van der Waals surface area (Å²) < 4.78 is 17.9. The van der Waals surface area contributed by atoms with Crippen molar-refractivity contribution in [3.8, 4) is 0 Å². The highest BCUT2D eigenvalue weighted by atomic mass is 16.7. The van der Waals surface area contributed by atoms with Crippen LogP contribution in [0.2, 0.25) is 0 Å². The minimum absolute atomic E-state index is 0.284. The normalized spacial score (nSPS) is 41.2. The van der Waals surface area contributed by atoms with Gasteiger partial charge in [0.1, 0.15) is 12.2 Å². The molecule has 8 atom stereocenters. The van der Waals surface area contributed by atoms with Crippen molar-refractivity contribution in [3.05, 3.63) is 23.8 Å². The smallest absolute Gasteiger partial charge is 0.333 e. The Balaban J connectivity index is 1.77. The van der Waals surface area contributed by atoms with Gasteiger partial charge in [0.05, 0.1) is 11.7 Å². The first-order valence-corrected chi connectivity index (χ1v) is 12.1. The van der Waals surface area contributed by atoms with Crippen molar-refractivity contribution >= 4 is 5.97 Å². The average Bonchev–Trinajstić information content (AvgIpc) is 2.73. The third kappa shape index (κ3) is 4.98. The summed E-state index contributed by atoms with van der Waals surface area (Å²) in [6, 6.07) is 0. The third-order valence-electron chi connectivity index (χ3n) is 8.35. The Morgan fingerprint density at radius 1 is 1.28 bits per heavy atom. The fourth-order valence-electron chi connectivity index (χ4n) is 5.80. The van der Waals surface area contributed by atoms with Crippen LogP contribution >= 0.6 is 0 Å². The second-order valence-electron chi connectivity index (χ2n) is 10.9. The van der Waals surface area contributed by atoms with E-state index in [9.17, 15) is 15.0 Å². The summed E-state index contributed by atoms with van der Waals surface area (Å²) >= 11 is 0. The molecule has 3 rings (SSSR count). The number of carbonyl (C=O) groups excluding carboxylic acids is 1. The molecule has 0 bridgehead atoms. The molecule has 0 radical (unpaired) electrons. The highest BCUT2D eigenvalue weighted by Gasteiger charge is 2.51. The van der Waals surface area contributed by atoms with Gasteiger partial charge in [0, 0.05) is 5.57 Å². The maximum absolute atomic E-state index is 12.4. The predicted octanol–water partition coefficient (Wildman–Crippen LogP) is 4.29. The van der Waals surface area contributed by atoms with E-state index in [2.05, 4.69) is 13.5 Å². The molecule has 0 aromatic carbocycles. The van der Waals surface area contributed by atoms with Crippen LogP contribution in [0.4, 0.5) is 0 Å². The molecule has 32 heavy (non-hydrogen) atoms. The molecule has 0 unspecified atom stereocenters. The molecular weight excluding hydrogens is 408 g/mol. The van der Waals surface area contributed by atoms with Gasteiger partial charge in [0.25, 0.3) is 0 Å². The summed E-state index contributed by atoms with van der Waals surface area (Å²) in [7, 11) is 0. The van der Waals surface area contributed by atoms with Crippen molar-refractivity contribution in [2.24, 2.45) is 17.3 Å². The molecule has 2 aliphatic carbocycles. The molecular formula is C26H42O6. The Kier molecular flexibility index (Phi) is 7.60. The summed E-state index contributed by atoms with van der Waals surface area (Å²) in [6.45, 7) is 16.0. The Morgan fingerprint density at radius 3 is 2.62 bits per heavy atom. The van der Waals surface area contributed by atoms with Gasteiger partial charge in [-0.3, -0.25) is 0 Å². The lowest BCUT2D eigenvalue weighted by atomic mass is 9.55. The van der Waals surface area contributed by atoms with Crippen LogP contribution in [0, 0.1) is 17.3 Å². The minimum atomic E-state index is -1.29. The summed E-state index contributed by atoms with van der Waals surface area (Å²) in [6.07, 6.45) is 3.24. The number of carbonyl (C=O) groups is 1. The summed E-state index contributed by atoms with van der Waals surface area (Å²) in [5, 5.41) is 21.0. The van der Waals surface area contributed by atoms with Gasteiger partial charge in [0.15, 0.2) is 12.4 Å². The van der Waals surface area contributed by atoms with E-state index in [4.69, 9.17) is 14.2 Å². The maximum Gasteiger partial charge on any atom is 0.333 e. The number of fused-ring (bicyclic) bond motifs is 1. The SMILES string of the molecule is C=C1CCC[C@@]2(C)CC[C@@H](C(C)(C)O[C@H]3O[C@@H](C)[C@@H](O)[C@@H](O)[C@H]3OC(=O)/C(C)=C\C)C[C@@H]12. The lowest BCUT2D eigenvalue weighted by Gasteiger charge is -2.52. The Labute approximate surface area is 193 Å². The molecule has 1 heterocycles. The van der Waals surface area contributed by atoms with Gasteiger partial charge >= 0.3 is 5.97 Å². The molecule has 0 amide bonds. The van der Waals surface area contributed by atoms with Crippen molar-refractivity contribution < 1.29 is 29.2 Å². The number of esters is 1. The van der Waals surface area contributed by atoms with Gasteiger partial charge < -0.3 is 24.4 Å². The molecule has 6 heteroatoms. The zero-order valence-corrected chi connectivity index (χ0v) is 20.6. The predicted molar refractivity (Wildman–Crippen MR) is 123 cm³/mol. The first-order chi connectivity index (χ1) is 14.9. The van der Waals surface area contributed by atoms with Crippen LogP contribution < -0.4 is 0 Å². The molecule has 1 aliphatic heterocycles. The second-order valence-corrected chi connectivity index (χ2v) is 10.9. The topological polar surface area (TPSA) is 85.2 Å². The summed E-state index contributed by atoms with van der Waals surface area (Å²) in [4.78, 5) is 12.4. The number of allylic oxidation sites excluding steroid dienone is 2. The molecule has 0 aromatic heterocycles. The molecule has 0 aromatic rings. The summed E-state index contributed by atoms with van der Waals surface area (Å²) in [5.74, 6) is 0.217. The molecule has 3 aliphatic rings. The Morgan fingerprint density at radius 2 is 1.97 bits per heavy atom. The molecule has 0 spiro atoms. The van der Waals surface area contributed by atoms with Crippen LogP contribution in [0.3, 0.4) is 0 Å². The molecule has 1 saturated heterocycles. The molecule has 182 valence electrons. The number of aliphatic hydroxyl groups excluding tert-OH is 2. The number of hydrogen-bond donors (Lipinski definition) is 2. The van der Waals surface area contributed by atoms with E-state index in [1.54, 1.807) is 26.8 Å². The van der Waals surface area contributed by atoms with Crippen molar-refractivity contribution in [2.45, 2.75) is 116 Å². The van der Waals surface area contributed by atoms with Gasteiger partial charge in [0.2, 0.25) is 0 Å². The maximum atomic E-state index is 12.4.